The zero-order chi connectivity index (χ0) is 26.8. The molecule has 2 aromatic carbocycles. The Bertz CT molecular complexity index is 1430. The SMILES string of the molecule is COCCCC(c1c[nH]c2ccccc12)N(C(=O)[C@@H]1CNC[C@@H](NC(=O)c2cc3ccccc3s2)C1)C1CC1. The van der Waals surface area contributed by atoms with Gasteiger partial charge in [-0.25, -0.2) is 0 Å². The Morgan fingerprint density at radius 2 is 1.95 bits per heavy atom. The molecule has 6 rings (SSSR count). The van der Waals surface area contributed by atoms with E-state index in [1.54, 1.807) is 7.11 Å². The van der Waals surface area contributed by atoms with Crippen LogP contribution in [0, 0.1) is 5.92 Å². The molecule has 2 aromatic heterocycles. The number of nitrogens with zero attached hydrogens (tertiary/aromatic N) is 1. The Morgan fingerprint density at radius 3 is 2.77 bits per heavy atom. The second-order valence-electron chi connectivity index (χ2n) is 10.8. The predicted molar refractivity (Wildman–Crippen MR) is 156 cm³/mol. The molecule has 1 aliphatic heterocycles. The lowest BCUT2D eigenvalue weighted by molar-refractivity contribution is -0.140. The monoisotopic (exact) mass is 544 g/mol. The molecule has 4 aromatic rings. The highest BCUT2D eigenvalue weighted by Gasteiger charge is 2.42. The summed E-state index contributed by atoms with van der Waals surface area (Å²) in [5, 5.41) is 8.90. The van der Waals surface area contributed by atoms with Crippen LogP contribution in [0.25, 0.3) is 21.0 Å². The second kappa shape index (κ2) is 11.5. The molecule has 1 unspecified atom stereocenters. The van der Waals surface area contributed by atoms with Crippen LogP contribution in [0.4, 0.5) is 0 Å². The molecule has 2 fully saturated rings. The van der Waals surface area contributed by atoms with Gasteiger partial charge in [0.15, 0.2) is 0 Å². The summed E-state index contributed by atoms with van der Waals surface area (Å²) in [6.07, 6.45) is 6.54. The summed E-state index contributed by atoms with van der Waals surface area (Å²) in [7, 11) is 1.73. The number of thiophene rings is 1. The number of fused-ring (bicyclic) bond motifs is 2. The minimum absolute atomic E-state index is 0.00943. The predicted octanol–water partition coefficient (Wildman–Crippen LogP) is 5.25. The number of aromatic nitrogens is 1. The number of benzene rings is 2. The Labute approximate surface area is 232 Å². The molecule has 8 heteroatoms. The molecule has 3 atom stereocenters. The number of hydrogen-bond donors (Lipinski definition) is 3. The zero-order valence-corrected chi connectivity index (χ0v) is 23.1. The van der Waals surface area contributed by atoms with E-state index in [9.17, 15) is 9.59 Å². The highest BCUT2D eigenvalue weighted by Crippen LogP contribution is 2.40. The first-order chi connectivity index (χ1) is 19.1. The number of ether oxygens (including phenoxy) is 1. The molecular formula is C31H36N4O3S. The van der Waals surface area contributed by atoms with Crippen LogP contribution < -0.4 is 10.6 Å². The van der Waals surface area contributed by atoms with Gasteiger partial charge >= 0.3 is 0 Å². The van der Waals surface area contributed by atoms with E-state index in [4.69, 9.17) is 4.74 Å². The van der Waals surface area contributed by atoms with Crippen molar-refractivity contribution < 1.29 is 14.3 Å². The summed E-state index contributed by atoms with van der Waals surface area (Å²) < 4.78 is 6.48. The van der Waals surface area contributed by atoms with Crippen LogP contribution in [0.2, 0.25) is 0 Å². The largest absolute Gasteiger partial charge is 0.385 e. The Kier molecular flexibility index (Phi) is 7.68. The zero-order valence-electron chi connectivity index (χ0n) is 22.3. The maximum atomic E-state index is 14.2. The number of carbonyl (C=O) groups excluding carboxylic acids is 2. The molecule has 0 radical (unpaired) electrons. The maximum absolute atomic E-state index is 14.2. The number of carbonyl (C=O) groups is 2. The average Bonchev–Trinajstić information content (AvgIpc) is 3.54. The van der Waals surface area contributed by atoms with Crippen LogP contribution in [0.1, 0.15) is 53.4 Å². The average molecular weight is 545 g/mol. The van der Waals surface area contributed by atoms with Gasteiger partial charge in [0.25, 0.3) is 5.91 Å². The molecule has 1 aliphatic carbocycles. The van der Waals surface area contributed by atoms with Crippen LogP contribution in [0.5, 0.6) is 0 Å². The first-order valence-electron chi connectivity index (χ1n) is 14.0. The standard InChI is InChI=1S/C31H36N4O3S/c1-38-14-6-10-27(25-19-33-26-9-4-3-8-24(25)26)35(23-12-13-23)31(37)21-15-22(18-32-17-21)34-30(36)29-16-20-7-2-5-11-28(20)39-29/h2-5,7-9,11,16,19,21-23,27,32-33H,6,10,12-15,17-18H2,1H3,(H,34,36)/t21-,22-,27?/m0/s1. The van der Waals surface area contributed by atoms with Gasteiger partial charge in [0.05, 0.1) is 16.8 Å². The van der Waals surface area contributed by atoms with Crippen LogP contribution in [0.3, 0.4) is 0 Å². The van der Waals surface area contributed by atoms with Crippen molar-refractivity contribution in [1.29, 1.82) is 0 Å². The molecule has 204 valence electrons. The van der Waals surface area contributed by atoms with Crippen molar-refractivity contribution in [3.63, 3.8) is 0 Å². The van der Waals surface area contributed by atoms with E-state index in [1.165, 1.54) is 22.3 Å². The van der Waals surface area contributed by atoms with E-state index in [0.29, 0.717) is 31.0 Å². The molecule has 3 N–H and O–H groups in total. The number of H-pyrrole nitrogens is 1. The van der Waals surface area contributed by atoms with Gasteiger partial charge < -0.3 is 25.3 Å². The fourth-order valence-corrected chi connectivity index (χ4v) is 6.94. The normalized spacial score (nSPS) is 20.2. The van der Waals surface area contributed by atoms with Crippen LogP contribution in [-0.2, 0) is 9.53 Å². The van der Waals surface area contributed by atoms with Crippen molar-refractivity contribution in [2.24, 2.45) is 5.92 Å². The summed E-state index contributed by atoms with van der Waals surface area (Å²) in [4.78, 5) is 33.6. The third-order valence-electron chi connectivity index (χ3n) is 8.02. The van der Waals surface area contributed by atoms with E-state index in [2.05, 4.69) is 44.9 Å². The van der Waals surface area contributed by atoms with Crippen LogP contribution in [0.15, 0.2) is 60.8 Å². The number of aromatic amines is 1. The first-order valence-corrected chi connectivity index (χ1v) is 14.8. The van der Waals surface area contributed by atoms with Crippen molar-refractivity contribution in [2.45, 2.75) is 50.2 Å². The molecule has 0 spiro atoms. The molecular weight excluding hydrogens is 508 g/mol. The molecule has 1 saturated heterocycles. The van der Waals surface area contributed by atoms with Gasteiger partial charge in [-0.3, -0.25) is 9.59 Å². The summed E-state index contributed by atoms with van der Waals surface area (Å²) in [5.41, 5.74) is 2.27. The maximum Gasteiger partial charge on any atom is 0.261 e. The lowest BCUT2D eigenvalue weighted by Crippen LogP contribution is -2.53. The lowest BCUT2D eigenvalue weighted by atomic mass is 9.91. The smallest absolute Gasteiger partial charge is 0.261 e. The summed E-state index contributed by atoms with van der Waals surface area (Å²) >= 11 is 1.51. The van der Waals surface area contributed by atoms with Gasteiger partial charge in [0.1, 0.15) is 0 Å². The van der Waals surface area contributed by atoms with Gasteiger partial charge in [0.2, 0.25) is 5.91 Å². The topological polar surface area (TPSA) is 86.5 Å². The van der Waals surface area contributed by atoms with Crippen LogP contribution in [-0.4, -0.2) is 60.6 Å². The lowest BCUT2D eigenvalue weighted by Gasteiger charge is -2.38. The van der Waals surface area contributed by atoms with E-state index < -0.39 is 0 Å². The van der Waals surface area contributed by atoms with Gasteiger partial charge in [0, 0.05) is 60.7 Å². The van der Waals surface area contributed by atoms with Gasteiger partial charge in [-0.15, -0.1) is 11.3 Å². The first kappa shape index (κ1) is 26.0. The van der Waals surface area contributed by atoms with Gasteiger partial charge in [-0.2, -0.15) is 0 Å². The third kappa shape index (κ3) is 5.60. The quantitative estimate of drug-likeness (QED) is 0.238. The summed E-state index contributed by atoms with van der Waals surface area (Å²) in [5.74, 6) is -0.0490. The number of methoxy groups -OCH3 is 1. The molecule has 2 aliphatic rings. The van der Waals surface area contributed by atoms with E-state index in [-0.39, 0.29) is 35.9 Å². The summed E-state index contributed by atoms with van der Waals surface area (Å²) in [6.45, 7) is 1.97. The van der Waals surface area contributed by atoms with E-state index in [1.807, 2.05) is 36.4 Å². The highest BCUT2D eigenvalue weighted by molar-refractivity contribution is 7.20. The van der Waals surface area contributed by atoms with Gasteiger partial charge in [-0.05, 0) is 61.3 Å². The Hall–Kier alpha value is -3.20. The number of piperidine rings is 1. The van der Waals surface area contributed by atoms with E-state index >= 15 is 0 Å². The van der Waals surface area contributed by atoms with E-state index in [0.717, 1.165) is 41.3 Å². The Morgan fingerprint density at radius 1 is 1.13 bits per heavy atom. The number of hydrogen-bond acceptors (Lipinski definition) is 5. The summed E-state index contributed by atoms with van der Waals surface area (Å²) in [6, 6.07) is 18.5. The van der Waals surface area contributed by atoms with Gasteiger partial charge in [-0.1, -0.05) is 36.4 Å². The molecule has 3 heterocycles. The van der Waals surface area contributed by atoms with Crippen molar-refractivity contribution in [1.82, 2.24) is 20.5 Å². The molecule has 7 nitrogen and oxygen atoms in total. The molecule has 0 bridgehead atoms. The van der Waals surface area contributed by atoms with Crippen molar-refractivity contribution in [2.75, 3.05) is 26.8 Å². The fourth-order valence-electron chi connectivity index (χ4n) is 5.98. The number of nitrogens with one attached hydrogen (secondary N) is 3. The van der Waals surface area contributed by atoms with Crippen LogP contribution >= 0.6 is 11.3 Å². The van der Waals surface area contributed by atoms with Crippen molar-refractivity contribution >= 4 is 44.1 Å². The fraction of sp³-hybridized carbons (Fsp3) is 0.419. The third-order valence-corrected chi connectivity index (χ3v) is 9.14. The second-order valence-corrected chi connectivity index (χ2v) is 11.9. The number of rotatable bonds is 10. The number of para-hydroxylation sites is 1. The molecule has 2 amide bonds. The Balaban J connectivity index is 1.20. The molecule has 39 heavy (non-hydrogen) atoms. The molecule has 1 saturated carbocycles. The minimum atomic E-state index is -0.179. The van der Waals surface area contributed by atoms with Crippen molar-refractivity contribution in [3.05, 3.63) is 71.2 Å². The van der Waals surface area contributed by atoms with Crippen molar-refractivity contribution in [3.8, 4) is 0 Å². The minimum Gasteiger partial charge on any atom is -0.385 e. The number of amides is 2. The highest BCUT2D eigenvalue weighted by atomic mass is 32.1.